The lowest BCUT2D eigenvalue weighted by atomic mass is 9.93. The van der Waals surface area contributed by atoms with E-state index < -0.39 is 0 Å². The molecule has 0 unspecified atom stereocenters. The van der Waals surface area contributed by atoms with E-state index in [-0.39, 0.29) is 5.91 Å². The Morgan fingerprint density at radius 3 is 2.96 bits per heavy atom. The molecule has 5 heteroatoms. The molecule has 1 amide bonds. The first-order chi connectivity index (χ1) is 11.1. The van der Waals surface area contributed by atoms with Crippen molar-refractivity contribution in [2.75, 3.05) is 26.3 Å². The Balaban J connectivity index is 1.62. The van der Waals surface area contributed by atoms with E-state index >= 15 is 0 Å². The number of carbonyl (C=O) groups excluding carboxylic acids is 1. The van der Waals surface area contributed by atoms with Crippen LogP contribution in [-0.4, -0.2) is 43.2 Å². The van der Waals surface area contributed by atoms with Crippen LogP contribution in [0.5, 0.6) is 11.5 Å². The fourth-order valence-corrected chi connectivity index (χ4v) is 3.37. The van der Waals surface area contributed by atoms with Gasteiger partial charge in [-0.15, -0.1) is 0 Å². The lowest BCUT2D eigenvalue weighted by Crippen LogP contribution is -2.49. The van der Waals surface area contributed by atoms with Crippen molar-refractivity contribution in [1.82, 2.24) is 10.2 Å². The number of hydrogen-bond donors (Lipinski definition) is 1. The van der Waals surface area contributed by atoms with Crippen molar-refractivity contribution >= 4 is 5.91 Å². The molecule has 0 radical (unpaired) electrons. The summed E-state index contributed by atoms with van der Waals surface area (Å²) >= 11 is 0. The van der Waals surface area contributed by atoms with E-state index in [1.54, 1.807) is 6.92 Å². The van der Waals surface area contributed by atoms with Crippen molar-refractivity contribution in [3.63, 3.8) is 0 Å². The molecule has 1 aromatic rings. The zero-order valence-electron chi connectivity index (χ0n) is 14.0. The van der Waals surface area contributed by atoms with Gasteiger partial charge in [-0.3, -0.25) is 4.79 Å². The van der Waals surface area contributed by atoms with E-state index in [1.165, 1.54) is 0 Å². The van der Waals surface area contributed by atoms with Crippen molar-refractivity contribution in [2.45, 2.75) is 39.3 Å². The monoisotopic (exact) mass is 318 g/mol. The third-order valence-corrected chi connectivity index (χ3v) is 4.76. The molecule has 1 aromatic carbocycles. The SMILES string of the molecule is CC(=O)N1CC[C@H](NCc2cccc3c2OCCCO3)[C@@H](C)C1. The quantitative estimate of drug-likeness (QED) is 0.928. The lowest BCUT2D eigenvalue weighted by Gasteiger charge is -2.37. The van der Waals surface area contributed by atoms with Gasteiger partial charge >= 0.3 is 0 Å². The zero-order valence-corrected chi connectivity index (χ0v) is 14.0. The van der Waals surface area contributed by atoms with Crippen molar-refractivity contribution in [2.24, 2.45) is 5.92 Å². The largest absolute Gasteiger partial charge is 0.490 e. The molecule has 126 valence electrons. The second kappa shape index (κ2) is 7.21. The Morgan fingerprint density at radius 1 is 1.35 bits per heavy atom. The van der Waals surface area contributed by atoms with E-state index in [4.69, 9.17) is 9.47 Å². The molecule has 0 aromatic heterocycles. The summed E-state index contributed by atoms with van der Waals surface area (Å²) in [6, 6.07) is 6.51. The van der Waals surface area contributed by atoms with Crippen LogP contribution in [0.1, 0.15) is 32.3 Å². The van der Waals surface area contributed by atoms with Crippen LogP contribution in [0.3, 0.4) is 0 Å². The van der Waals surface area contributed by atoms with Gasteiger partial charge in [-0.05, 0) is 18.4 Å². The predicted molar refractivity (Wildman–Crippen MR) is 88.7 cm³/mol. The molecule has 2 aliphatic rings. The number of nitrogens with zero attached hydrogens (tertiary/aromatic N) is 1. The number of hydrogen-bond acceptors (Lipinski definition) is 4. The van der Waals surface area contributed by atoms with E-state index in [2.05, 4.69) is 18.3 Å². The number of nitrogens with one attached hydrogen (secondary N) is 1. The molecule has 0 saturated carbocycles. The minimum atomic E-state index is 0.175. The van der Waals surface area contributed by atoms with Gasteiger partial charge in [-0.1, -0.05) is 19.1 Å². The van der Waals surface area contributed by atoms with Gasteiger partial charge in [0, 0.05) is 44.6 Å². The first-order valence-corrected chi connectivity index (χ1v) is 8.51. The summed E-state index contributed by atoms with van der Waals surface area (Å²) in [5, 5.41) is 3.64. The summed E-state index contributed by atoms with van der Waals surface area (Å²) < 4.78 is 11.6. The van der Waals surface area contributed by atoms with E-state index in [0.29, 0.717) is 25.2 Å². The topological polar surface area (TPSA) is 50.8 Å². The highest BCUT2D eigenvalue weighted by atomic mass is 16.5. The summed E-state index contributed by atoms with van der Waals surface area (Å²) in [4.78, 5) is 13.4. The number of rotatable bonds is 3. The number of likely N-dealkylation sites (tertiary alicyclic amines) is 1. The summed E-state index contributed by atoms with van der Waals surface area (Å²) in [7, 11) is 0. The number of benzene rings is 1. The van der Waals surface area contributed by atoms with Crippen LogP contribution in [0.15, 0.2) is 18.2 Å². The van der Waals surface area contributed by atoms with Crippen LogP contribution in [0, 0.1) is 5.92 Å². The lowest BCUT2D eigenvalue weighted by molar-refractivity contribution is -0.130. The van der Waals surface area contributed by atoms with Crippen LogP contribution < -0.4 is 14.8 Å². The third kappa shape index (κ3) is 3.78. The first-order valence-electron chi connectivity index (χ1n) is 8.51. The maximum absolute atomic E-state index is 11.5. The predicted octanol–water partition coefficient (Wildman–Crippen LogP) is 2.19. The van der Waals surface area contributed by atoms with Crippen LogP contribution in [0.25, 0.3) is 0 Å². The minimum Gasteiger partial charge on any atom is -0.490 e. The van der Waals surface area contributed by atoms with E-state index in [0.717, 1.165) is 49.5 Å². The van der Waals surface area contributed by atoms with Gasteiger partial charge in [-0.2, -0.15) is 0 Å². The second-order valence-corrected chi connectivity index (χ2v) is 6.51. The fraction of sp³-hybridized carbons (Fsp3) is 0.611. The molecule has 23 heavy (non-hydrogen) atoms. The highest BCUT2D eigenvalue weighted by Crippen LogP contribution is 2.33. The molecular weight excluding hydrogens is 292 g/mol. The van der Waals surface area contributed by atoms with Crippen molar-refractivity contribution in [3.8, 4) is 11.5 Å². The summed E-state index contributed by atoms with van der Waals surface area (Å²) in [5.41, 5.74) is 1.14. The molecule has 5 nitrogen and oxygen atoms in total. The molecule has 2 atom stereocenters. The molecule has 2 aliphatic heterocycles. The normalized spacial score (nSPS) is 24.2. The van der Waals surface area contributed by atoms with Crippen LogP contribution in [0.2, 0.25) is 0 Å². The van der Waals surface area contributed by atoms with Crippen molar-refractivity contribution < 1.29 is 14.3 Å². The van der Waals surface area contributed by atoms with Gasteiger partial charge < -0.3 is 19.7 Å². The average Bonchev–Trinajstić information content (AvgIpc) is 2.79. The average molecular weight is 318 g/mol. The maximum atomic E-state index is 11.5. The Morgan fingerprint density at radius 2 is 2.17 bits per heavy atom. The zero-order chi connectivity index (χ0) is 16.2. The van der Waals surface area contributed by atoms with Gasteiger partial charge in [0.15, 0.2) is 11.5 Å². The fourth-order valence-electron chi connectivity index (χ4n) is 3.37. The summed E-state index contributed by atoms with van der Waals surface area (Å²) in [6.45, 7) is 7.71. The molecule has 1 fully saturated rings. The standard InChI is InChI=1S/C18H26N2O3/c1-13-12-20(14(2)21)8-7-16(13)19-11-15-5-3-6-17-18(15)23-10-4-9-22-17/h3,5-6,13,16,19H,4,7-12H2,1-2H3/t13-,16-/m0/s1. The van der Waals surface area contributed by atoms with Gasteiger partial charge in [0.1, 0.15) is 0 Å². The van der Waals surface area contributed by atoms with Crippen LogP contribution in [-0.2, 0) is 11.3 Å². The van der Waals surface area contributed by atoms with Gasteiger partial charge in [-0.25, -0.2) is 0 Å². The van der Waals surface area contributed by atoms with Crippen molar-refractivity contribution in [3.05, 3.63) is 23.8 Å². The number of carbonyl (C=O) groups is 1. The molecule has 1 saturated heterocycles. The van der Waals surface area contributed by atoms with Crippen molar-refractivity contribution in [1.29, 1.82) is 0 Å². The molecule has 0 aliphatic carbocycles. The smallest absolute Gasteiger partial charge is 0.219 e. The Bertz CT molecular complexity index is 561. The molecule has 2 heterocycles. The number of para-hydroxylation sites is 1. The Labute approximate surface area is 137 Å². The van der Waals surface area contributed by atoms with E-state index in [9.17, 15) is 4.79 Å². The minimum absolute atomic E-state index is 0.175. The molecular formula is C18H26N2O3. The molecule has 0 spiro atoms. The summed E-state index contributed by atoms with van der Waals surface area (Å²) in [6.07, 6.45) is 1.91. The van der Waals surface area contributed by atoms with Gasteiger partial charge in [0.2, 0.25) is 5.91 Å². The maximum Gasteiger partial charge on any atom is 0.219 e. The van der Waals surface area contributed by atoms with Gasteiger partial charge in [0.25, 0.3) is 0 Å². The Hall–Kier alpha value is -1.75. The molecule has 1 N–H and O–H groups in total. The highest BCUT2D eigenvalue weighted by Gasteiger charge is 2.27. The summed E-state index contributed by atoms with van der Waals surface area (Å²) in [5.74, 6) is 2.36. The number of ether oxygens (including phenoxy) is 2. The van der Waals surface area contributed by atoms with Gasteiger partial charge in [0.05, 0.1) is 13.2 Å². The molecule has 3 rings (SSSR count). The highest BCUT2D eigenvalue weighted by molar-refractivity contribution is 5.73. The van der Waals surface area contributed by atoms with Crippen LogP contribution >= 0.6 is 0 Å². The van der Waals surface area contributed by atoms with E-state index in [1.807, 2.05) is 17.0 Å². The number of fused-ring (bicyclic) bond motifs is 1. The van der Waals surface area contributed by atoms with Crippen LogP contribution in [0.4, 0.5) is 0 Å². The molecule has 0 bridgehead atoms. The Kier molecular flexibility index (Phi) is 5.06. The number of amides is 1. The third-order valence-electron chi connectivity index (χ3n) is 4.76. The first kappa shape index (κ1) is 16.1. The number of piperidine rings is 1. The second-order valence-electron chi connectivity index (χ2n) is 6.51.